The van der Waals surface area contributed by atoms with Gasteiger partial charge in [-0.05, 0) is 62.2 Å². The van der Waals surface area contributed by atoms with Crippen molar-refractivity contribution in [2.45, 2.75) is 57.4 Å². The average Bonchev–Trinajstić information content (AvgIpc) is 3.84. The highest BCUT2D eigenvalue weighted by molar-refractivity contribution is 5.89. The monoisotopic (exact) mass is 503 g/mol. The molecule has 2 saturated carbocycles. The third kappa shape index (κ3) is 5.15. The van der Waals surface area contributed by atoms with Gasteiger partial charge in [-0.2, -0.15) is 5.26 Å². The molecule has 37 heavy (non-hydrogen) atoms. The lowest BCUT2D eigenvalue weighted by molar-refractivity contribution is -0.135. The highest BCUT2D eigenvalue weighted by Crippen LogP contribution is 2.46. The molecular weight excluding hydrogens is 466 g/mol. The summed E-state index contributed by atoms with van der Waals surface area (Å²) in [5.41, 5.74) is 4.76. The Hall–Kier alpha value is -3.18. The van der Waals surface area contributed by atoms with Gasteiger partial charge in [0.1, 0.15) is 11.9 Å². The number of ether oxygens (including phenoxy) is 1. The minimum absolute atomic E-state index is 0.0645. The van der Waals surface area contributed by atoms with Gasteiger partial charge in [-0.15, -0.1) is 0 Å². The van der Waals surface area contributed by atoms with Crippen LogP contribution in [0.4, 0.5) is 5.82 Å². The van der Waals surface area contributed by atoms with Gasteiger partial charge >= 0.3 is 0 Å². The lowest BCUT2D eigenvalue weighted by atomic mass is 9.90. The molecule has 1 saturated heterocycles. The maximum absolute atomic E-state index is 12.9. The van der Waals surface area contributed by atoms with Crippen molar-refractivity contribution in [1.29, 1.82) is 5.26 Å². The minimum Gasteiger partial charge on any atom is -0.384 e. The first-order chi connectivity index (χ1) is 18.0. The Morgan fingerprint density at radius 2 is 2.03 bits per heavy atom. The molecule has 8 nitrogen and oxygen atoms in total. The quantitative estimate of drug-likeness (QED) is 0.505. The molecule has 1 atom stereocenters. The number of rotatable bonds is 8. The molecule has 2 aliphatic carbocycles. The van der Waals surface area contributed by atoms with Gasteiger partial charge in [-0.1, -0.05) is 12.7 Å². The third-order valence-corrected chi connectivity index (χ3v) is 8.22. The Balaban J connectivity index is 1.47. The van der Waals surface area contributed by atoms with Crippen LogP contribution >= 0.6 is 0 Å². The fourth-order valence-corrected chi connectivity index (χ4v) is 5.90. The number of hydrogen-bond acceptors (Lipinski definition) is 6. The van der Waals surface area contributed by atoms with Crippen LogP contribution in [0.3, 0.4) is 0 Å². The van der Waals surface area contributed by atoms with E-state index < -0.39 is 0 Å². The van der Waals surface area contributed by atoms with E-state index in [0.717, 1.165) is 60.3 Å². The number of amides is 2. The Morgan fingerprint density at radius 3 is 2.68 bits per heavy atom. The lowest BCUT2D eigenvalue weighted by Crippen LogP contribution is -2.56. The molecule has 0 N–H and O–H groups in total. The number of hydrogen-bond donors (Lipinski definition) is 0. The number of nitriles is 1. The SMILES string of the molecule is C=CC(=O)N1CCC=C(c2c(C3CC3)nc(N3CCN(C(=O)CCOC)C(C4CC4)C3)c(C#N)c2C)C1. The highest BCUT2D eigenvalue weighted by Gasteiger charge is 2.42. The van der Waals surface area contributed by atoms with Gasteiger partial charge in [-0.25, -0.2) is 4.98 Å². The van der Waals surface area contributed by atoms with Crippen molar-refractivity contribution in [1.82, 2.24) is 14.8 Å². The largest absolute Gasteiger partial charge is 0.384 e. The molecule has 1 aromatic heterocycles. The molecule has 3 fully saturated rings. The van der Waals surface area contributed by atoms with Crippen molar-refractivity contribution in [3.63, 3.8) is 0 Å². The molecule has 2 amide bonds. The third-order valence-electron chi connectivity index (χ3n) is 8.22. The van der Waals surface area contributed by atoms with Gasteiger partial charge in [0.2, 0.25) is 11.8 Å². The van der Waals surface area contributed by atoms with Crippen molar-refractivity contribution >= 4 is 23.2 Å². The number of methoxy groups -OCH3 is 1. The number of piperazine rings is 1. The van der Waals surface area contributed by atoms with Gasteiger partial charge in [0.25, 0.3) is 0 Å². The van der Waals surface area contributed by atoms with Crippen LogP contribution in [0.2, 0.25) is 0 Å². The zero-order valence-electron chi connectivity index (χ0n) is 22.0. The highest BCUT2D eigenvalue weighted by atomic mass is 16.5. The molecule has 1 unspecified atom stereocenters. The fourth-order valence-electron chi connectivity index (χ4n) is 5.90. The number of carbonyl (C=O) groups is 2. The topological polar surface area (TPSA) is 89.8 Å². The van der Waals surface area contributed by atoms with Crippen LogP contribution in [0.15, 0.2) is 18.7 Å². The first kappa shape index (κ1) is 25.5. The normalized spacial score (nSPS) is 21.9. The Bertz CT molecular complexity index is 1160. The Morgan fingerprint density at radius 1 is 1.24 bits per heavy atom. The van der Waals surface area contributed by atoms with E-state index in [9.17, 15) is 14.9 Å². The molecular formula is C29H37N5O3. The van der Waals surface area contributed by atoms with E-state index in [4.69, 9.17) is 9.72 Å². The van der Waals surface area contributed by atoms with E-state index in [1.165, 1.54) is 6.08 Å². The average molecular weight is 504 g/mol. The number of pyridine rings is 1. The van der Waals surface area contributed by atoms with Gasteiger partial charge in [0.05, 0.1) is 30.3 Å². The summed E-state index contributed by atoms with van der Waals surface area (Å²) in [6, 6.07) is 2.62. The lowest BCUT2D eigenvalue weighted by Gasteiger charge is -2.43. The van der Waals surface area contributed by atoms with Gasteiger partial charge < -0.3 is 19.4 Å². The van der Waals surface area contributed by atoms with Gasteiger partial charge in [0, 0.05) is 51.3 Å². The number of nitrogens with zero attached hydrogens (tertiary/aromatic N) is 5. The zero-order chi connectivity index (χ0) is 26.1. The van der Waals surface area contributed by atoms with Crippen LogP contribution in [0.25, 0.3) is 5.57 Å². The second-order valence-corrected chi connectivity index (χ2v) is 10.7. The summed E-state index contributed by atoms with van der Waals surface area (Å²) in [5, 5.41) is 10.3. The predicted molar refractivity (Wildman–Crippen MR) is 142 cm³/mol. The maximum Gasteiger partial charge on any atom is 0.246 e. The summed E-state index contributed by atoms with van der Waals surface area (Å²) < 4.78 is 5.14. The summed E-state index contributed by atoms with van der Waals surface area (Å²) in [6.45, 7) is 9.32. The first-order valence-electron chi connectivity index (χ1n) is 13.6. The second-order valence-electron chi connectivity index (χ2n) is 10.7. The van der Waals surface area contributed by atoms with E-state index in [1.807, 2.05) is 16.7 Å². The van der Waals surface area contributed by atoms with Crippen LogP contribution in [0.1, 0.15) is 66.8 Å². The molecule has 3 heterocycles. The molecule has 0 bridgehead atoms. The second kappa shape index (κ2) is 10.7. The zero-order valence-corrected chi connectivity index (χ0v) is 22.0. The van der Waals surface area contributed by atoms with E-state index in [1.54, 1.807) is 7.11 Å². The van der Waals surface area contributed by atoms with E-state index >= 15 is 0 Å². The predicted octanol–water partition coefficient (Wildman–Crippen LogP) is 3.40. The standard InChI is InChI=1S/C29H37N5O3/c1-4-25(35)32-12-5-6-22(17-32)27-19(2)23(16-30)29(31-28(27)21-9-10-21)33-13-14-34(26(36)11-15-37-3)24(18-33)20-7-8-20/h4,6,20-21,24H,1,5,7-15,17-18H2,2-3H3. The van der Waals surface area contributed by atoms with Crippen molar-refractivity contribution in [3.8, 4) is 6.07 Å². The summed E-state index contributed by atoms with van der Waals surface area (Å²) in [5.74, 6) is 1.76. The molecule has 8 heteroatoms. The van der Waals surface area contributed by atoms with E-state index in [-0.39, 0.29) is 17.9 Å². The molecule has 1 aromatic rings. The first-order valence-corrected chi connectivity index (χ1v) is 13.6. The molecule has 0 radical (unpaired) electrons. The van der Waals surface area contributed by atoms with Gasteiger partial charge in [0.15, 0.2) is 0 Å². The minimum atomic E-state index is -0.0645. The van der Waals surface area contributed by atoms with Crippen molar-refractivity contribution in [3.05, 3.63) is 41.1 Å². The summed E-state index contributed by atoms with van der Waals surface area (Å²) in [4.78, 5) is 36.6. The molecule has 196 valence electrons. The Labute approximate surface area is 219 Å². The molecule has 2 aliphatic heterocycles. The molecule has 4 aliphatic rings. The van der Waals surface area contributed by atoms with Crippen LogP contribution in [0, 0.1) is 24.2 Å². The number of carbonyl (C=O) groups excluding carboxylic acids is 2. The van der Waals surface area contributed by atoms with E-state index in [2.05, 4.69) is 23.6 Å². The smallest absolute Gasteiger partial charge is 0.246 e. The van der Waals surface area contributed by atoms with Crippen molar-refractivity contribution < 1.29 is 14.3 Å². The Kier molecular flexibility index (Phi) is 7.34. The summed E-state index contributed by atoms with van der Waals surface area (Å²) >= 11 is 0. The number of aromatic nitrogens is 1. The van der Waals surface area contributed by atoms with Crippen LogP contribution in [0.5, 0.6) is 0 Å². The van der Waals surface area contributed by atoms with Crippen molar-refractivity contribution in [2.75, 3.05) is 51.3 Å². The van der Waals surface area contributed by atoms with Gasteiger partial charge in [-0.3, -0.25) is 9.59 Å². The van der Waals surface area contributed by atoms with Crippen molar-refractivity contribution in [2.24, 2.45) is 5.92 Å². The molecule has 0 spiro atoms. The van der Waals surface area contributed by atoms with Crippen LogP contribution in [-0.4, -0.2) is 79.1 Å². The van der Waals surface area contributed by atoms with Crippen LogP contribution in [-0.2, 0) is 14.3 Å². The summed E-state index contributed by atoms with van der Waals surface area (Å²) in [6.07, 6.45) is 9.24. The molecule has 5 rings (SSSR count). The maximum atomic E-state index is 12.9. The summed E-state index contributed by atoms with van der Waals surface area (Å²) in [7, 11) is 1.63. The van der Waals surface area contributed by atoms with E-state index in [0.29, 0.717) is 63.2 Å². The number of anilines is 1. The molecule has 0 aromatic carbocycles. The fraction of sp³-hybridized carbons (Fsp3) is 0.586. The van der Waals surface area contributed by atoms with Crippen LogP contribution < -0.4 is 4.90 Å².